The maximum Gasteiger partial charge on any atom is 0.272 e. The SMILES string of the molecule is CN(CC1CCCCC1)C(=O)c1ccc(CN)cn1. The van der Waals surface area contributed by atoms with Gasteiger partial charge in [-0.05, 0) is 30.4 Å². The van der Waals surface area contributed by atoms with Crippen molar-refractivity contribution in [2.75, 3.05) is 13.6 Å². The van der Waals surface area contributed by atoms with Gasteiger partial charge >= 0.3 is 0 Å². The minimum absolute atomic E-state index is 0.00847. The van der Waals surface area contributed by atoms with E-state index in [-0.39, 0.29) is 5.91 Å². The van der Waals surface area contributed by atoms with Crippen LogP contribution in [0, 0.1) is 5.92 Å². The van der Waals surface area contributed by atoms with Gasteiger partial charge in [0, 0.05) is 26.3 Å². The molecule has 0 unspecified atom stereocenters. The highest BCUT2D eigenvalue weighted by Gasteiger charge is 2.19. The molecule has 1 saturated carbocycles. The van der Waals surface area contributed by atoms with Gasteiger partial charge in [0.25, 0.3) is 5.91 Å². The standard InChI is InChI=1S/C15H23N3O/c1-18(11-12-5-3-2-4-6-12)15(19)14-8-7-13(9-16)10-17-14/h7-8,10,12H,2-6,9,11,16H2,1H3. The predicted octanol–water partition coefficient (Wildman–Crippen LogP) is 2.19. The number of aromatic nitrogens is 1. The van der Waals surface area contributed by atoms with E-state index < -0.39 is 0 Å². The molecule has 1 aromatic heterocycles. The highest BCUT2D eigenvalue weighted by molar-refractivity contribution is 5.92. The summed E-state index contributed by atoms with van der Waals surface area (Å²) in [5.74, 6) is 0.667. The Morgan fingerprint density at radius 2 is 2.11 bits per heavy atom. The van der Waals surface area contributed by atoms with E-state index in [0.29, 0.717) is 18.2 Å². The molecule has 2 rings (SSSR count). The van der Waals surface area contributed by atoms with Crippen LogP contribution in [-0.2, 0) is 6.54 Å². The third-order valence-corrected chi connectivity index (χ3v) is 3.88. The van der Waals surface area contributed by atoms with E-state index in [0.717, 1.165) is 12.1 Å². The zero-order valence-electron chi connectivity index (χ0n) is 11.6. The molecule has 1 aliphatic rings. The summed E-state index contributed by atoms with van der Waals surface area (Å²) in [7, 11) is 1.87. The van der Waals surface area contributed by atoms with Crippen LogP contribution in [0.4, 0.5) is 0 Å². The van der Waals surface area contributed by atoms with Gasteiger partial charge in [-0.3, -0.25) is 9.78 Å². The van der Waals surface area contributed by atoms with Crippen molar-refractivity contribution in [3.8, 4) is 0 Å². The molecule has 0 aromatic carbocycles. The molecular formula is C15H23N3O. The molecule has 1 amide bonds. The summed E-state index contributed by atoms with van der Waals surface area (Å²) in [5.41, 5.74) is 6.98. The Hall–Kier alpha value is -1.42. The zero-order chi connectivity index (χ0) is 13.7. The molecule has 0 aliphatic heterocycles. The fourth-order valence-electron chi connectivity index (χ4n) is 2.71. The molecule has 0 spiro atoms. The van der Waals surface area contributed by atoms with Gasteiger partial charge in [0.05, 0.1) is 0 Å². The van der Waals surface area contributed by atoms with Crippen molar-refractivity contribution in [2.24, 2.45) is 11.7 Å². The highest BCUT2D eigenvalue weighted by Crippen LogP contribution is 2.24. The van der Waals surface area contributed by atoms with E-state index in [9.17, 15) is 4.79 Å². The second-order valence-electron chi connectivity index (χ2n) is 5.45. The third kappa shape index (κ3) is 3.77. The first kappa shape index (κ1) is 14.0. The van der Waals surface area contributed by atoms with Crippen molar-refractivity contribution in [1.82, 2.24) is 9.88 Å². The van der Waals surface area contributed by atoms with Crippen molar-refractivity contribution in [1.29, 1.82) is 0 Å². The Bertz CT molecular complexity index is 410. The predicted molar refractivity (Wildman–Crippen MR) is 75.7 cm³/mol. The van der Waals surface area contributed by atoms with Crippen molar-refractivity contribution < 1.29 is 4.79 Å². The van der Waals surface area contributed by atoms with Crippen LogP contribution in [-0.4, -0.2) is 29.4 Å². The molecule has 0 atom stereocenters. The van der Waals surface area contributed by atoms with Gasteiger partial charge in [-0.15, -0.1) is 0 Å². The number of rotatable bonds is 4. The summed E-state index contributed by atoms with van der Waals surface area (Å²) in [6.45, 7) is 1.30. The van der Waals surface area contributed by atoms with Gasteiger partial charge in [0.2, 0.25) is 0 Å². The average molecular weight is 261 g/mol. The van der Waals surface area contributed by atoms with E-state index in [1.807, 2.05) is 13.1 Å². The summed E-state index contributed by atoms with van der Waals surface area (Å²) in [5, 5.41) is 0. The molecule has 2 N–H and O–H groups in total. The maximum atomic E-state index is 12.3. The maximum absolute atomic E-state index is 12.3. The molecule has 19 heavy (non-hydrogen) atoms. The molecule has 0 radical (unpaired) electrons. The van der Waals surface area contributed by atoms with Gasteiger partial charge in [-0.25, -0.2) is 0 Å². The van der Waals surface area contributed by atoms with E-state index in [4.69, 9.17) is 5.73 Å². The zero-order valence-corrected chi connectivity index (χ0v) is 11.6. The minimum Gasteiger partial charge on any atom is -0.340 e. The van der Waals surface area contributed by atoms with E-state index in [1.54, 1.807) is 17.2 Å². The summed E-state index contributed by atoms with van der Waals surface area (Å²) >= 11 is 0. The molecule has 104 valence electrons. The minimum atomic E-state index is 0.00847. The first-order chi connectivity index (χ1) is 9.20. The van der Waals surface area contributed by atoms with Crippen LogP contribution >= 0.6 is 0 Å². The van der Waals surface area contributed by atoms with E-state index in [1.165, 1.54) is 32.1 Å². The average Bonchev–Trinajstić information content (AvgIpc) is 2.47. The van der Waals surface area contributed by atoms with Crippen molar-refractivity contribution in [3.63, 3.8) is 0 Å². The summed E-state index contributed by atoms with van der Waals surface area (Å²) in [6.07, 6.45) is 8.12. The Morgan fingerprint density at radius 1 is 1.37 bits per heavy atom. The molecule has 4 nitrogen and oxygen atoms in total. The largest absolute Gasteiger partial charge is 0.340 e. The number of nitrogens with zero attached hydrogens (tertiary/aromatic N) is 2. The molecule has 4 heteroatoms. The molecule has 1 aliphatic carbocycles. The van der Waals surface area contributed by atoms with Crippen LogP contribution in [0.5, 0.6) is 0 Å². The van der Waals surface area contributed by atoms with Gasteiger partial charge in [-0.1, -0.05) is 25.3 Å². The first-order valence-corrected chi connectivity index (χ1v) is 7.11. The number of nitrogens with two attached hydrogens (primary N) is 1. The molecule has 1 heterocycles. The molecule has 1 aromatic rings. The van der Waals surface area contributed by atoms with E-state index in [2.05, 4.69) is 4.98 Å². The summed E-state index contributed by atoms with van der Waals surface area (Å²) < 4.78 is 0. The number of pyridine rings is 1. The Kier molecular flexibility index (Phi) is 4.91. The van der Waals surface area contributed by atoms with Gasteiger partial charge in [-0.2, -0.15) is 0 Å². The number of hydrogen-bond donors (Lipinski definition) is 1. The first-order valence-electron chi connectivity index (χ1n) is 7.11. The Morgan fingerprint density at radius 3 is 2.68 bits per heavy atom. The van der Waals surface area contributed by atoms with Crippen molar-refractivity contribution in [3.05, 3.63) is 29.6 Å². The lowest BCUT2D eigenvalue weighted by atomic mass is 9.89. The van der Waals surface area contributed by atoms with Crippen LogP contribution < -0.4 is 5.73 Å². The van der Waals surface area contributed by atoms with Gasteiger partial charge < -0.3 is 10.6 Å². The number of carbonyl (C=O) groups is 1. The molecular weight excluding hydrogens is 238 g/mol. The van der Waals surface area contributed by atoms with Crippen LogP contribution in [0.3, 0.4) is 0 Å². The van der Waals surface area contributed by atoms with Crippen LogP contribution in [0.25, 0.3) is 0 Å². The van der Waals surface area contributed by atoms with E-state index >= 15 is 0 Å². The lowest BCUT2D eigenvalue weighted by Gasteiger charge is -2.26. The fraction of sp³-hybridized carbons (Fsp3) is 0.600. The highest BCUT2D eigenvalue weighted by atomic mass is 16.2. The lowest BCUT2D eigenvalue weighted by molar-refractivity contribution is 0.0755. The van der Waals surface area contributed by atoms with Crippen molar-refractivity contribution >= 4 is 5.91 Å². The Labute approximate surface area is 115 Å². The number of amides is 1. The topological polar surface area (TPSA) is 59.2 Å². The summed E-state index contributed by atoms with van der Waals surface area (Å²) in [4.78, 5) is 18.2. The van der Waals surface area contributed by atoms with Gasteiger partial charge in [0.1, 0.15) is 5.69 Å². The van der Waals surface area contributed by atoms with Crippen LogP contribution in [0.15, 0.2) is 18.3 Å². The fourth-order valence-corrected chi connectivity index (χ4v) is 2.71. The lowest BCUT2D eigenvalue weighted by Crippen LogP contribution is -2.33. The monoisotopic (exact) mass is 261 g/mol. The number of carbonyl (C=O) groups excluding carboxylic acids is 1. The van der Waals surface area contributed by atoms with Crippen LogP contribution in [0.2, 0.25) is 0 Å². The normalized spacial score (nSPS) is 16.3. The van der Waals surface area contributed by atoms with Gasteiger partial charge in [0.15, 0.2) is 0 Å². The third-order valence-electron chi connectivity index (χ3n) is 3.88. The Balaban J connectivity index is 1.93. The second kappa shape index (κ2) is 6.66. The smallest absolute Gasteiger partial charge is 0.272 e. The quantitative estimate of drug-likeness (QED) is 0.904. The molecule has 1 fully saturated rings. The van der Waals surface area contributed by atoms with Crippen LogP contribution in [0.1, 0.15) is 48.2 Å². The molecule has 0 bridgehead atoms. The number of hydrogen-bond acceptors (Lipinski definition) is 3. The second-order valence-corrected chi connectivity index (χ2v) is 5.45. The van der Waals surface area contributed by atoms with Crippen molar-refractivity contribution in [2.45, 2.75) is 38.6 Å². The molecule has 0 saturated heterocycles. The summed E-state index contributed by atoms with van der Waals surface area (Å²) in [6, 6.07) is 3.64.